The Bertz CT molecular complexity index is 963. The number of ether oxygens (including phenoxy) is 2. The summed E-state index contributed by atoms with van der Waals surface area (Å²) in [6, 6.07) is 10.6. The number of halogens is 1. The zero-order chi connectivity index (χ0) is 24.9. The van der Waals surface area contributed by atoms with E-state index in [1.165, 1.54) is 0 Å². The van der Waals surface area contributed by atoms with Gasteiger partial charge in [0, 0.05) is 11.1 Å². The predicted octanol–water partition coefficient (Wildman–Crippen LogP) is 1.20. The molecular weight excluding hydrogens is 555 g/mol. The lowest BCUT2D eigenvalue weighted by atomic mass is 9.83. The largest absolute Gasteiger partial charge is 1.00 e. The van der Waals surface area contributed by atoms with Crippen LogP contribution in [0.3, 0.4) is 0 Å². The van der Waals surface area contributed by atoms with Gasteiger partial charge < -0.3 is 42.4 Å². The molecular formula is C28H40IN2O4+. The Morgan fingerprint density at radius 2 is 0.971 bits per heavy atom. The van der Waals surface area contributed by atoms with Gasteiger partial charge in [-0.05, 0) is 39.8 Å². The maximum atomic E-state index is 13.5. The first kappa shape index (κ1) is 29.3. The summed E-state index contributed by atoms with van der Waals surface area (Å²) in [7, 11) is 4.39. The summed E-state index contributed by atoms with van der Waals surface area (Å²) in [5.74, 6) is 0.543. The van der Waals surface area contributed by atoms with Crippen LogP contribution in [0.1, 0.15) is 59.5 Å². The lowest BCUT2D eigenvalue weighted by molar-refractivity contribution is -0.906. The van der Waals surface area contributed by atoms with Crippen LogP contribution in [-0.2, 0) is 0 Å². The molecule has 0 bridgehead atoms. The summed E-state index contributed by atoms with van der Waals surface area (Å²) in [5.41, 5.74) is 1.50. The summed E-state index contributed by atoms with van der Waals surface area (Å²) in [6.45, 7) is 15.2. The second-order valence-corrected chi connectivity index (χ2v) is 9.66. The zero-order valence-electron chi connectivity index (χ0n) is 22.0. The number of benzene rings is 2. The third-order valence-electron chi connectivity index (χ3n) is 7.83. The van der Waals surface area contributed by atoms with Crippen LogP contribution in [0.5, 0.6) is 11.5 Å². The van der Waals surface area contributed by atoms with Gasteiger partial charge in [0.2, 0.25) is 0 Å². The van der Waals surface area contributed by atoms with Crippen LogP contribution >= 0.6 is 0 Å². The summed E-state index contributed by atoms with van der Waals surface area (Å²) in [5, 5.41) is 0. The van der Waals surface area contributed by atoms with E-state index in [4.69, 9.17) is 9.47 Å². The number of quaternary nitrogens is 2. The van der Waals surface area contributed by atoms with E-state index in [1.807, 2.05) is 0 Å². The third-order valence-corrected chi connectivity index (χ3v) is 7.83. The minimum absolute atomic E-state index is 0. The highest BCUT2D eigenvalue weighted by atomic mass is 127. The van der Waals surface area contributed by atoms with Crippen molar-refractivity contribution in [3.05, 3.63) is 58.7 Å². The molecule has 0 aromatic heterocycles. The van der Waals surface area contributed by atoms with E-state index in [2.05, 4.69) is 41.8 Å². The average Bonchev–Trinajstić information content (AvgIpc) is 2.87. The molecule has 0 unspecified atom stereocenters. The van der Waals surface area contributed by atoms with E-state index in [9.17, 15) is 9.59 Å². The highest BCUT2D eigenvalue weighted by Crippen LogP contribution is 2.38. The molecule has 0 aliphatic heterocycles. The van der Waals surface area contributed by atoms with Gasteiger partial charge in [-0.3, -0.25) is 9.59 Å². The molecule has 0 heterocycles. The van der Waals surface area contributed by atoms with Crippen LogP contribution in [0.15, 0.2) is 36.4 Å². The van der Waals surface area contributed by atoms with Crippen LogP contribution in [0.4, 0.5) is 0 Å². The van der Waals surface area contributed by atoms with Gasteiger partial charge in [0.05, 0.1) is 51.4 Å². The highest BCUT2D eigenvalue weighted by molar-refractivity contribution is 6.30. The van der Waals surface area contributed by atoms with Gasteiger partial charge in [0.15, 0.2) is 11.6 Å². The van der Waals surface area contributed by atoms with Gasteiger partial charge >= 0.3 is 0 Å². The zero-order valence-corrected chi connectivity index (χ0v) is 24.2. The van der Waals surface area contributed by atoms with Crippen molar-refractivity contribution in [2.24, 2.45) is 0 Å². The second-order valence-electron chi connectivity index (χ2n) is 9.66. The van der Waals surface area contributed by atoms with Crippen LogP contribution in [-0.4, -0.2) is 87.1 Å². The maximum Gasteiger partial charge on any atom is 0.198 e. The first-order valence-electron chi connectivity index (χ1n) is 12.5. The first-order chi connectivity index (χ1) is 16.2. The molecule has 0 saturated heterocycles. The number of hydrogen-bond donors (Lipinski definition) is 0. The Morgan fingerprint density at radius 1 is 0.629 bits per heavy atom. The molecule has 0 atom stereocenters. The molecule has 7 heteroatoms. The monoisotopic (exact) mass is 595 g/mol. The standard InChI is InChI=1S/C28H40N2O4.HI/c1-7-29(5,8-2)17-19-33-23-15-16-24(34-20-18-30(6,9-3)10-4)26-25(23)27(31)21-13-11-12-14-22(21)28(26)32;/h11-16H,7-10,17-20H2,1-6H3;1H/q+2;/p-1. The molecule has 0 spiro atoms. The first-order valence-corrected chi connectivity index (χ1v) is 12.5. The number of likely N-dealkylation sites (N-methyl/N-ethyl adjacent to an activating group) is 2. The normalized spacial score (nSPS) is 13.1. The van der Waals surface area contributed by atoms with Crippen LogP contribution in [0.2, 0.25) is 0 Å². The highest BCUT2D eigenvalue weighted by Gasteiger charge is 2.35. The van der Waals surface area contributed by atoms with Crippen molar-refractivity contribution in [2.45, 2.75) is 27.7 Å². The second kappa shape index (κ2) is 12.3. The van der Waals surface area contributed by atoms with Gasteiger partial charge in [-0.2, -0.15) is 0 Å². The van der Waals surface area contributed by atoms with E-state index in [-0.39, 0.29) is 35.5 Å². The molecule has 0 fully saturated rings. The van der Waals surface area contributed by atoms with Crippen molar-refractivity contribution in [1.29, 1.82) is 0 Å². The van der Waals surface area contributed by atoms with Crippen molar-refractivity contribution < 1.29 is 52.0 Å². The van der Waals surface area contributed by atoms with Crippen molar-refractivity contribution in [1.82, 2.24) is 0 Å². The number of nitrogens with zero attached hydrogens (tertiary/aromatic N) is 2. The predicted molar refractivity (Wildman–Crippen MR) is 135 cm³/mol. The fraction of sp³-hybridized carbons (Fsp3) is 0.500. The molecule has 0 N–H and O–H groups in total. The van der Waals surface area contributed by atoms with E-state index in [0.717, 1.165) is 48.2 Å². The molecule has 2 aromatic carbocycles. The molecule has 3 rings (SSSR count). The molecule has 6 nitrogen and oxygen atoms in total. The summed E-state index contributed by atoms with van der Waals surface area (Å²) in [6.07, 6.45) is 0. The minimum atomic E-state index is -0.184. The third kappa shape index (κ3) is 6.24. The van der Waals surface area contributed by atoms with Gasteiger partial charge in [-0.1, -0.05) is 24.3 Å². The molecule has 192 valence electrons. The topological polar surface area (TPSA) is 52.6 Å². The van der Waals surface area contributed by atoms with Crippen molar-refractivity contribution >= 4 is 11.6 Å². The molecule has 0 radical (unpaired) electrons. The Kier molecular flexibility index (Phi) is 10.3. The van der Waals surface area contributed by atoms with E-state index in [1.54, 1.807) is 36.4 Å². The van der Waals surface area contributed by atoms with Gasteiger partial charge in [-0.15, -0.1) is 0 Å². The summed E-state index contributed by atoms with van der Waals surface area (Å²) >= 11 is 0. The van der Waals surface area contributed by atoms with E-state index < -0.39 is 0 Å². The van der Waals surface area contributed by atoms with Gasteiger partial charge in [-0.25, -0.2) is 0 Å². The Labute approximate surface area is 227 Å². The summed E-state index contributed by atoms with van der Waals surface area (Å²) in [4.78, 5) is 27.1. The van der Waals surface area contributed by atoms with Crippen molar-refractivity contribution in [2.75, 3.05) is 66.6 Å². The molecule has 0 amide bonds. The fourth-order valence-electron chi connectivity index (χ4n) is 4.24. The number of ketones is 2. The van der Waals surface area contributed by atoms with Crippen molar-refractivity contribution in [3.63, 3.8) is 0 Å². The van der Waals surface area contributed by atoms with E-state index in [0.29, 0.717) is 47.0 Å². The molecule has 1 aliphatic rings. The smallest absolute Gasteiger partial charge is 0.198 e. The van der Waals surface area contributed by atoms with Crippen LogP contribution < -0.4 is 33.5 Å². The quantitative estimate of drug-likeness (QED) is 0.234. The van der Waals surface area contributed by atoms with Crippen molar-refractivity contribution in [3.8, 4) is 11.5 Å². The molecule has 1 aliphatic carbocycles. The molecule has 35 heavy (non-hydrogen) atoms. The Hall–Kier alpha value is -1.97. The van der Waals surface area contributed by atoms with E-state index >= 15 is 0 Å². The number of carbonyl (C=O) groups is 2. The molecule has 2 aromatic rings. The van der Waals surface area contributed by atoms with Crippen LogP contribution in [0.25, 0.3) is 0 Å². The number of hydrogen-bond acceptors (Lipinski definition) is 4. The summed E-state index contributed by atoms with van der Waals surface area (Å²) < 4.78 is 14.0. The lowest BCUT2D eigenvalue weighted by Gasteiger charge is -2.32. The number of fused-ring (bicyclic) bond motifs is 2. The van der Waals surface area contributed by atoms with Crippen LogP contribution in [0, 0.1) is 0 Å². The molecule has 0 saturated carbocycles. The Balaban J connectivity index is 0.00000432. The lowest BCUT2D eigenvalue weighted by Crippen LogP contribution is -3.00. The fourth-order valence-corrected chi connectivity index (χ4v) is 4.24. The van der Waals surface area contributed by atoms with Gasteiger partial charge in [0.1, 0.15) is 37.8 Å². The maximum absolute atomic E-state index is 13.5. The Morgan fingerprint density at radius 3 is 1.29 bits per heavy atom. The number of rotatable bonds is 12. The minimum Gasteiger partial charge on any atom is -1.00 e. The average molecular weight is 596 g/mol. The number of carbonyl (C=O) groups excluding carboxylic acids is 2. The van der Waals surface area contributed by atoms with Gasteiger partial charge in [0.25, 0.3) is 0 Å². The SMILES string of the molecule is CC[N+](C)(CC)CCOc1ccc(OCC[N+](C)(CC)CC)c2c1C(=O)c1ccccc1C2=O.[I-].